The second-order valence-electron chi connectivity index (χ2n) is 7.39. The Bertz CT molecular complexity index is 635. The predicted octanol–water partition coefficient (Wildman–Crippen LogP) is 2.41. The smallest absolute Gasteiger partial charge is 0.330 e. The lowest BCUT2D eigenvalue weighted by atomic mass is 9.99. The fourth-order valence-electron chi connectivity index (χ4n) is 2.87. The Morgan fingerprint density at radius 1 is 1.41 bits per heavy atom. The second kappa shape index (κ2) is 6.76. The SMILES string of the molecule is Cc1cn([C@H]2C[C@H](CC[Si](C)(C)C)[C@@H](CS)O2)c(=O)[nH]c1=O. The molecule has 0 aromatic carbocycles. The van der Waals surface area contributed by atoms with E-state index >= 15 is 0 Å². The molecule has 0 spiro atoms. The fraction of sp³-hybridized carbons (Fsp3) is 0.733. The van der Waals surface area contributed by atoms with Crippen molar-refractivity contribution in [1.29, 1.82) is 0 Å². The van der Waals surface area contributed by atoms with Crippen molar-refractivity contribution < 1.29 is 4.74 Å². The summed E-state index contributed by atoms with van der Waals surface area (Å²) in [6.07, 6.45) is 3.30. The first-order valence-corrected chi connectivity index (χ1v) is 12.1. The number of rotatable bonds is 5. The minimum atomic E-state index is -1.09. The first kappa shape index (κ1) is 17.6. The number of aryl methyl sites for hydroxylation is 1. The van der Waals surface area contributed by atoms with Crippen LogP contribution in [0.15, 0.2) is 15.8 Å². The number of ether oxygens (including phenoxy) is 1. The van der Waals surface area contributed by atoms with Crippen LogP contribution in [0, 0.1) is 12.8 Å². The van der Waals surface area contributed by atoms with Gasteiger partial charge in [0.15, 0.2) is 0 Å². The lowest BCUT2D eigenvalue weighted by molar-refractivity contribution is 0.00424. The van der Waals surface area contributed by atoms with Gasteiger partial charge in [0.25, 0.3) is 5.56 Å². The Hall–Kier alpha value is -0.793. The maximum absolute atomic E-state index is 12.0. The quantitative estimate of drug-likeness (QED) is 0.638. The van der Waals surface area contributed by atoms with Crippen LogP contribution in [0.5, 0.6) is 0 Å². The van der Waals surface area contributed by atoms with Crippen LogP contribution in [0.25, 0.3) is 0 Å². The summed E-state index contributed by atoms with van der Waals surface area (Å²) in [6, 6.07) is 1.25. The van der Waals surface area contributed by atoms with E-state index in [0.717, 1.165) is 12.8 Å². The molecule has 22 heavy (non-hydrogen) atoms. The van der Waals surface area contributed by atoms with E-state index in [9.17, 15) is 9.59 Å². The van der Waals surface area contributed by atoms with Crippen molar-refractivity contribution in [2.75, 3.05) is 5.75 Å². The van der Waals surface area contributed by atoms with E-state index in [2.05, 4.69) is 37.3 Å². The molecule has 0 saturated carbocycles. The van der Waals surface area contributed by atoms with Crippen LogP contribution in [0.2, 0.25) is 25.7 Å². The standard InChI is InChI=1S/C15H26N2O3SSi/c1-10-8-17(15(19)16-14(10)18)13-7-11(12(9-21)20-13)5-6-22(2,3)4/h8,11-13,21H,5-7,9H2,1-4H3,(H,16,18,19)/t11-,12+,13+/m0/s1. The molecular weight excluding hydrogens is 316 g/mol. The molecule has 0 unspecified atom stereocenters. The van der Waals surface area contributed by atoms with E-state index in [4.69, 9.17) is 4.74 Å². The highest BCUT2D eigenvalue weighted by Gasteiger charge is 2.36. The molecule has 1 saturated heterocycles. The average Bonchev–Trinajstić information content (AvgIpc) is 2.83. The average molecular weight is 343 g/mol. The maximum atomic E-state index is 12.0. The third kappa shape index (κ3) is 4.14. The maximum Gasteiger partial charge on any atom is 0.330 e. The van der Waals surface area contributed by atoms with E-state index in [1.807, 2.05) is 0 Å². The first-order valence-electron chi connectivity index (χ1n) is 7.79. The number of hydrogen-bond donors (Lipinski definition) is 2. The zero-order valence-electron chi connectivity index (χ0n) is 13.8. The Labute approximate surface area is 137 Å². The largest absolute Gasteiger partial charge is 0.353 e. The Kier molecular flexibility index (Phi) is 5.40. The van der Waals surface area contributed by atoms with Gasteiger partial charge in [0, 0.05) is 25.6 Å². The normalized spacial score (nSPS) is 25.6. The van der Waals surface area contributed by atoms with Crippen LogP contribution in [-0.2, 0) is 4.74 Å². The topological polar surface area (TPSA) is 64.1 Å². The molecule has 0 radical (unpaired) electrons. The molecule has 1 aliphatic rings. The monoisotopic (exact) mass is 342 g/mol. The van der Waals surface area contributed by atoms with Crippen molar-refractivity contribution >= 4 is 20.7 Å². The van der Waals surface area contributed by atoms with E-state index in [-0.39, 0.29) is 17.9 Å². The number of thiol groups is 1. The van der Waals surface area contributed by atoms with Crippen molar-refractivity contribution in [1.82, 2.24) is 9.55 Å². The summed E-state index contributed by atoms with van der Waals surface area (Å²) in [5.41, 5.74) is -0.208. The highest BCUT2D eigenvalue weighted by Crippen LogP contribution is 2.37. The molecular formula is C15H26N2O3SSi. The van der Waals surface area contributed by atoms with Gasteiger partial charge < -0.3 is 4.74 Å². The zero-order valence-corrected chi connectivity index (χ0v) is 15.7. The molecule has 0 bridgehead atoms. The molecule has 2 heterocycles. The van der Waals surface area contributed by atoms with Gasteiger partial charge in [-0.25, -0.2) is 4.79 Å². The molecule has 5 nitrogen and oxygen atoms in total. The minimum absolute atomic E-state index is 0.0730. The van der Waals surface area contributed by atoms with Crippen molar-refractivity contribution in [3.05, 3.63) is 32.6 Å². The van der Waals surface area contributed by atoms with E-state index in [0.29, 0.717) is 17.2 Å². The van der Waals surface area contributed by atoms with Crippen molar-refractivity contribution in [2.24, 2.45) is 5.92 Å². The second-order valence-corrected chi connectivity index (χ2v) is 13.4. The zero-order chi connectivity index (χ0) is 16.5. The van der Waals surface area contributed by atoms with E-state index < -0.39 is 13.8 Å². The molecule has 3 atom stereocenters. The van der Waals surface area contributed by atoms with Gasteiger partial charge in [0.2, 0.25) is 0 Å². The summed E-state index contributed by atoms with van der Waals surface area (Å²) in [6.45, 7) is 8.80. The summed E-state index contributed by atoms with van der Waals surface area (Å²) in [7, 11) is -1.09. The number of aromatic amines is 1. The Morgan fingerprint density at radius 3 is 2.68 bits per heavy atom. The van der Waals surface area contributed by atoms with Gasteiger partial charge in [-0.15, -0.1) is 0 Å². The molecule has 124 valence electrons. The van der Waals surface area contributed by atoms with E-state index in [1.165, 1.54) is 10.6 Å². The van der Waals surface area contributed by atoms with E-state index in [1.54, 1.807) is 13.1 Å². The van der Waals surface area contributed by atoms with Crippen LogP contribution in [0.4, 0.5) is 0 Å². The summed E-state index contributed by atoms with van der Waals surface area (Å²) in [5, 5.41) is 0. The number of H-pyrrole nitrogens is 1. The molecule has 1 N–H and O–H groups in total. The molecule has 7 heteroatoms. The number of aromatic nitrogens is 2. The summed E-state index contributed by atoms with van der Waals surface area (Å²) < 4.78 is 7.55. The Balaban J connectivity index is 2.16. The molecule has 0 aliphatic carbocycles. The van der Waals surface area contributed by atoms with Gasteiger partial charge >= 0.3 is 5.69 Å². The fourth-order valence-corrected chi connectivity index (χ4v) is 4.49. The molecule has 1 aromatic rings. The highest BCUT2D eigenvalue weighted by atomic mass is 32.1. The van der Waals surface area contributed by atoms with Crippen LogP contribution < -0.4 is 11.2 Å². The van der Waals surface area contributed by atoms with Gasteiger partial charge in [-0.05, 0) is 19.3 Å². The van der Waals surface area contributed by atoms with Crippen molar-refractivity contribution in [3.63, 3.8) is 0 Å². The molecule has 0 amide bonds. The van der Waals surface area contributed by atoms with Crippen LogP contribution in [0.3, 0.4) is 0 Å². The predicted molar refractivity (Wildman–Crippen MR) is 94.7 cm³/mol. The summed E-state index contributed by atoms with van der Waals surface area (Å²) in [5.74, 6) is 1.08. The van der Waals surface area contributed by atoms with Gasteiger partial charge in [0.05, 0.1) is 6.10 Å². The van der Waals surface area contributed by atoms with Crippen LogP contribution in [0.1, 0.15) is 24.6 Å². The number of nitrogens with one attached hydrogen (secondary N) is 1. The molecule has 1 aromatic heterocycles. The lowest BCUT2D eigenvalue weighted by Crippen LogP contribution is -2.33. The van der Waals surface area contributed by atoms with Gasteiger partial charge in [-0.3, -0.25) is 14.3 Å². The Morgan fingerprint density at radius 2 is 2.09 bits per heavy atom. The third-order valence-electron chi connectivity index (χ3n) is 4.26. The van der Waals surface area contributed by atoms with Crippen LogP contribution >= 0.6 is 12.6 Å². The first-order chi connectivity index (χ1) is 10.2. The summed E-state index contributed by atoms with van der Waals surface area (Å²) in [4.78, 5) is 25.8. The lowest BCUT2D eigenvalue weighted by Gasteiger charge is -2.21. The highest BCUT2D eigenvalue weighted by molar-refractivity contribution is 7.80. The van der Waals surface area contributed by atoms with Crippen molar-refractivity contribution in [2.45, 2.75) is 57.8 Å². The summed E-state index contributed by atoms with van der Waals surface area (Å²) >= 11 is 4.40. The molecule has 1 fully saturated rings. The third-order valence-corrected chi connectivity index (χ3v) is 6.41. The van der Waals surface area contributed by atoms with Gasteiger partial charge in [0.1, 0.15) is 6.23 Å². The number of hydrogen-bond acceptors (Lipinski definition) is 4. The van der Waals surface area contributed by atoms with Crippen LogP contribution in [-0.4, -0.2) is 29.5 Å². The minimum Gasteiger partial charge on any atom is -0.353 e. The molecule has 2 rings (SSSR count). The number of nitrogens with zero attached hydrogens (tertiary/aromatic N) is 1. The molecule has 1 aliphatic heterocycles. The van der Waals surface area contributed by atoms with Gasteiger partial charge in [-0.2, -0.15) is 12.6 Å². The van der Waals surface area contributed by atoms with Gasteiger partial charge in [-0.1, -0.05) is 32.1 Å². The van der Waals surface area contributed by atoms with Crippen molar-refractivity contribution in [3.8, 4) is 0 Å².